The smallest absolute Gasteiger partial charge is 0.335 e. The van der Waals surface area contributed by atoms with Gasteiger partial charge in [0.1, 0.15) is 0 Å². The van der Waals surface area contributed by atoms with Gasteiger partial charge < -0.3 is 5.11 Å². The van der Waals surface area contributed by atoms with Gasteiger partial charge in [0.25, 0.3) is 0 Å². The molecule has 0 fully saturated rings. The minimum Gasteiger partial charge on any atom is -0.479 e. The summed E-state index contributed by atoms with van der Waals surface area (Å²) < 4.78 is 0. The molecule has 54 valence electrons. The maximum Gasteiger partial charge on any atom is 0.335 e. The van der Waals surface area contributed by atoms with Crippen molar-refractivity contribution in [2.45, 2.75) is 20.0 Å². The lowest BCUT2D eigenvalue weighted by atomic mass is 10.1. The van der Waals surface area contributed by atoms with Crippen LogP contribution in [0.3, 0.4) is 0 Å². The monoisotopic (exact) mass is 133 g/mol. The molecule has 1 atom stereocenters. The number of nitrogens with two attached hydrogens (primary N) is 1. The molecule has 0 aromatic heterocycles. The minimum atomic E-state index is -1.02. The van der Waals surface area contributed by atoms with Crippen LogP contribution < -0.4 is 5.90 Å². The van der Waals surface area contributed by atoms with Crippen LogP contribution in [0.1, 0.15) is 13.8 Å². The Balaban J connectivity index is 3.83. The standard InChI is InChI=1S/C5H11NO3/c1-3(2)4(9-6)5(7)8/h3-4H,6H2,1-2H3,(H,7,8)/t4-/m0/s1. The zero-order valence-corrected chi connectivity index (χ0v) is 5.50. The van der Waals surface area contributed by atoms with Crippen molar-refractivity contribution < 1.29 is 14.7 Å². The first kappa shape index (κ1) is 8.39. The molecule has 4 heteroatoms. The van der Waals surface area contributed by atoms with Gasteiger partial charge in [-0.25, -0.2) is 10.7 Å². The van der Waals surface area contributed by atoms with Crippen LogP contribution in [0.25, 0.3) is 0 Å². The fourth-order valence-corrected chi connectivity index (χ4v) is 0.500. The first-order chi connectivity index (χ1) is 4.09. The number of carbonyl (C=O) groups is 1. The highest BCUT2D eigenvalue weighted by atomic mass is 16.6. The highest BCUT2D eigenvalue weighted by Gasteiger charge is 2.20. The molecule has 0 amide bonds. The summed E-state index contributed by atoms with van der Waals surface area (Å²) in [6.45, 7) is 3.46. The lowest BCUT2D eigenvalue weighted by Gasteiger charge is -2.11. The van der Waals surface area contributed by atoms with E-state index in [1.54, 1.807) is 13.8 Å². The van der Waals surface area contributed by atoms with Crippen LogP contribution in [0.15, 0.2) is 0 Å². The Morgan fingerprint density at radius 1 is 1.67 bits per heavy atom. The molecule has 0 aliphatic carbocycles. The Hall–Kier alpha value is -0.610. The molecule has 0 saturated carbocycles. The number of hydrogen-bond acceptors (Lipinski definition) is 3. The zero-order valence-electron chi connectivity index (χ0n) is 5.50. The quantitative estimate of drug-likeness (QED) is 0.531. The number of aliphatic carboxylic acids is 1. The SMILES string of the molecule is CC(C)[C@H](ON)C(=O)O. The van der Waals surface area contributed by atoms with Crippen LogP contribution in [0.4, 0.5) is 0 Å². The van der Waals surface area contributed by atoms with Crippen molar-refractivity contribution in [1.29, 1.82) is 0 Å². The molecule has 0 radical (unpaired) electrons. The molecular weight excluding hydrogens is 122 g/mol. The predicted octanol–water partition coefficient (Wildman–Crippen LogP) is -0.0141. The number of carboxylic acids is 1. The first-order valence-corrected chi connectivity index (χ1v) is 2.68. The summed E-state index contributed by atoms with van der Waals surface area (Å²) in [4.78, 5) is 14.3. The maximum absolute atomic E-state index is 10.2. The maximum atomic E-state index is 10.2. The van der Waals surface area contributed by atoms with E-state index in [2.05, 4.69) is 4.84 Å². The average Bonchev–Trinajstić information content (AvgIpc) is 1.64. The van der Waals surface area contributed by atoms with Gasteiger partial charge in [0, 0.05) is 0 Å². The number of carboxylic acid groups (broad SMARTS) is 1. The van der Waals surface area contributed by atoms with E-state index in [9.17, 15) is 4.79 Å². The van der Waals surface area contributed by atoms with Crippen molar-refractivity contribution in [3.8, 4) is 0 Å². The van der Waals surface area contributed by atoms with E-state index >= 15 is 0 Å². The van der Waals surface area contributed by atoms with Crippen molar-refractivity contribution >= 4 is 5.97 Å². The van der Waals surface area contributed by atoms with Gasteiger partial charge >= 0.3 is 5.97 Å². The second kappa shape index (κ2) is 3.42. The molecule has 4 nitrogen and oxygen atoms in total. The van der Waals surface area contributed by atoms with Crippen molar-refractivity contribution in [1.82, 2.24) is 0 Å². The molecule has 0 aromatic carbocycles. The summed E-state index contributed by atoms with van der Waals surface area (Å²) in [5.74, 6) is 3.58. The molecule has 0 saturated heterocycles. The van der Waals surface area contributed by atoms with E-state index in [1.165, 1.54) is 0 Å². The molecule has 0 aliphatic heterocycles. The van der Waals surface area contributed by atoms with Crippen molar-refractivity contribution in [3.63, 3.8) is 0 Å². The van der Waals surface area contributed by atoms with E-state index in [-0.39, 0.29) is 5.92 Å². The van der Waals surface area contributed by atoms with E-state index in [0.717, 1.165) is 0 Å². The van der Waals surface area contributed by atoms with E-state index < -0.39 is 12.1 Å². The van der Waals surface area contributed by atoms with Gasteiger partial charge in [-0.3, -0.25) is 4.84 Å². The van der Waals surface area contributed by atoms with E-state index in [4.69, 9.17) is 11.0 Å². The van der Waals surface area contributed by atoms with Gasteiger partial charge in [-0.15, -0.1) is 0 Å². The van der Waals surface area contributed by atoms with Crippen molar-refractivity contribution in [2.24, 2.45) is 11.8 Å². The Kier molecular flexibility index (Phi) is 3.19. The van der Waals surface area contributed by atoms with Crippen molar-refractivity contribution in [2.75, 3.05) is 0 Å². The molecule has 3 N–H and O–H groups in total. The summed E-state index contributed by atoms with van der Waals surface area (Å²) in [5.41, 5.74) is 0. The lowest BCUT2D eigenvalue weighted by Crippen LogP contribution is -2.31. The largest absolute Gasteiger partial charge is 0.479 e. The molecule has 0 rings (SSSR count). The zero-order chi connectivity index (χ0) is 7.44. The second-order valence-corrected chi connectivity index (χ2v) is 2.14. The Morgan fingerprint density at radius 3 is 2.11 bits per heavy atom. The Bertz CT molecular complexity index is 102. The number of rotatable bonds is 3. The van der Waals surface area contributed by atoms with E-state index in [0.29, 0.717) is 0 Å². The van der Waals surface area contributed by atoms with Gasteiger partial charge in [0.15, 0.2) is 6.10 Å². The molecule has 0 aliphatic rings. The fraction of sp³-hybridized carbons (Fsp3) is 0.800. The molecule has 0 aromatic rings. The van der Waals surface area contributed by atoms with Crippen LogP contribution in [-0.4, -0.2) is 17.2 Å². The lowest BCUT2D eigenvalue weighted by molar-refractivity contribution is -0.153. The molecular formula is C5H11NO3. The summed E-state index contributed by atoms with van der Waals surface area (Å²) in [6, 6.07) is 0. The predicted molar refractivity (Wildman–Crippen MR) is 31.5 cm³/mol. The summed E-state index contributed by atoms with van der Waals surface area (Å²) >= 11 is 0. The average molecular weight is 133 g/mol. The molecule has 0 heterocycles. The third kappa shape index (κ3) is 2.43. The molecule has 9 heavy (non-hydrogen) atoms. The van der Waals surface area contributed by atoms with Crippen LogP contribution in [0.2, 0.25) is 0 Å². The van der Waals surface area contributed by atoms with Gasteiger partial charge in [-0.2, -0.15) is 0 Å². The Labute approximate surface area is 53.6 Å². The highest BCUT2D eigenvalue weighted by molar-refractivity contribution is 5.72. The van der Waals surface area contributed by atoms with Crippen LogP contribution in [0, 0.1) is 5.92 Å². The highest BCUT2D eigenvalue weighted by Crippen LogP contribution is 2.02. The fourth-order valence-electron chi connectivity index (χ4n) is 0.500. The normalized spacial score (nSPS) is 13.8. The number of hydrogen-bond donors (Lipinski definition) is 2. The summed E-state index contributed by atoms with van der Waals surface area (Å²) in [6.07, 6.45) is -0.884. The van der Waals surface area contributed by atoms with Crippen LogP contribution >= 0.6 is 0 Å². The van der Waals surface area contributed by atoms with Crippen LogP contribution in [0.5, 0.6) is 0 Å². The topological polar surface area (TPSA) is 72.5 Å². The molecule has 0 spiro atoms. The third-order valence-electron chi connectivity index (χ3n) is 0.996. The summed E-state index contributed by atoms with van der Waals surface area (Å²) in [7, 11) is 0. The van der Waals surface area contributed by atoms with Gasteiger partial charge in [0.05, 0.1) is 0 Å². The minimum absolute atomic E-state index is 0.0903. The van der Waals surface area contributed by atoms with Gasteiger partial charge in [-0.05, 0) is 5.92 Å². The van der Waals surface area contributed by atoms with E-state index in [1.807, 2.05) is 0 Å². The first-order valence-electron chi connectivity index (χ1n) is 2.68. The van der Waals surface area contributed by atoms with Crippen molar-refractivity contribution in [3.05, 3.63) is 0 Å². The molecule has 0 bridgehead atoms. The third-order valence-corrected chi connectivity index (χ3v) is 0.996. The van der Waals surface area contributed by atoms with Crippen LogP contribution in [-0.2, 0) is 9.63 Å². The van der Waals surface area contributed by atoms with Gasteiger partial charge in [-0.1, -0.05) is 13.8 Å². The molecule has 0 unspecified atom stereocenters. The Morgan fingerprint density at radius 2 is 2.11 bits per heavy atom. The summed E-state index contributed by atoms with van der Waals surface area (Å²) in [5, 5.41) is 8.34. The second-order valence-electron chi connectivity index (χ2n) is 2.14. The van der Waals surface area contributed by atoms with Gasteiger partial charge in [0.2, 0.25) is 0 Å².